The number of hydrogen-bond donors (Lipinski definition) is 2. The molecule has 5 aromatic rings. The number of nitrogens with two attached hydrogens (primary N) is 2. The average Bonchev–Trinajstić information content (AvgIpc) is 4.05. The zero-order valence-electron chi connectivity index (χ0n) is 33.5. The van der Waals surface area contributed by atoms with E-state index in [0.717, 1.165) is 29.6 Å². The van der Waals surface area contributed by atoms with Crippen LogP contribution in [0.5, 0.6) is 0 Å². The van der Waals surface area contributed by atoms with Crippen molar-refractivity contribution in [3.63, 3.8) is 0 Å². The fraction of sp³-hybridized carbons (Fsp3) is 0.529. The first-order valence-electron chi connectivity index (χ1n) is 19.5. The van der Waals surface area contributed by atoms with Gasteiger partial charge in [-0.2, -0.15) is 0 Å². The van der Waals surface area contributed by atoms with Crippen molar-refractivity contribution >= 4 is 67.2 Å². The van der Waals surface area contributed by atoms with Gasteiger partial charge in [-0.15, -0.1) is 0 Å². The molecule has 0 aliphatic carbocycles. The SMILES string of the molecule is [B][P@]1(=O)OC[C@H]2O[C@@H](n3cnc4c(N)ncnc43)[C@H](F)[C@@H]2O[P@@](=O)(SCc2ccc(COCCOCCOCCN=[N+]=[N-])cc2)OC[C@H]2O[C@@H](n3cnc4c(N)ncnc43)[C@H](F)[C@@H]2O1. The van der Waals surface area contributed by atoms with Crippen LogP contribution in [0.3, 0.4) is 0 Å². The molecule has 7 heterocycles. The quantitative estimate of drug-likeness (QED) is 0.0348. The summed E-state index contributed by atoms with van der Waals surface area (Å²) in [6.07, 6.45) is -8.70. The molecule has 3 fully saturated rings. The third-order valence-electron chi connectivity index (χ3n) is 10.0. The Hall–Kier alpha value is -4.40. The maximum atomic E-state index is 16.8. The van der Waals surface area contributed by atoms with E-state index in [4.69, 9.17) is 66.3 Å². The Labute approximate surface area is 367 Å². The number of imidazole rings is 2. The summed E-state index contributed by atoms with van der Waals surface area (Å²) in [7, 11) is 1.33. The van der Waals surface area contributed by atoms with Gasteiger partial charge in [0.15, 0.2) is 47.7 Å². The number of halogens is 2. The predicted octanol–water partition coefficient (Wildman–Crippen LogP) is 4.30. The first kappa shape index (κ1) is 46.1. The van der Waals surface area contributed by atoms with Gasteiger partial charge in [0.25, 0.3) is 7.47 Å². The Morgan fingerprint density at radius 2 is 1.31 bits per heavy atom. The zero-order valence-corrected chi connectivity index (χ0v) is 36.1. The van der Waals surface area contributed by atoms with Crippen LogP contribution in [0.1, 0.15) is 23.6 Å². The lowest BCUT2D eigenvalue weighted by Crippen LogP contribution is -2.37. The molecule has 3 aliphatic rings. The number of nitrogen functional groups attached to an aromatic ring is 2. The van der Waals surface area contributed by atoms with Crippen LogP contribution in [0.2, 0.25) is 0 Å². The molecule has 8 rings (SSSR count). The molecule has 1 aromatic carbocycles. The number of azide groups is 1. The van der Waals surface area contributed by atoms with Gasteiger partial charge in [-0.1, -0.05) is 29.4 Å². The Morgan fingerprint density at radius 3 is 1.91 bits per heavy atom. The van der Waals surface area contributed by atoms with Gasteiger partial charge < -0.3 is 44.2 Å². The normalized spacial score (nSPS) is 29.8. The molecule has 3 aliphatic heterocycles. The molecule has 4 aromatic heterocycles. The number of anilines is 2. The summed E-state index contributed by atoms with van der Waals surface area (Å²) in [4.78, 5) is 27.1. The van der Waals surface area contributed by atoms with E-state index >= 15 is 8.78 Å². The molecular weight excluding hydrogens is 909 g/mol. The minimum Gasteiger partial charge on any atom is -0.382 e. The molecule has 340 valence electrons. The largest absolute Gasteiger partial charge is 0.389 e. The smallest absolute Gasteiger partial charge is 0.382 e. The van der Waals surface area contributed by atoms with Crippen LogP contribution in [-0.4, -0.2) is 136 Å². The van der Waals surface area contributed by atoms with Crippen LogP contribution in [0, 0.1) is 0 Å². The molecular formula is C34H40BF2N13O11P2S. The molecule has 0 amide bonds. The number of rotatable bonds is 16. The van der Waals surface area contributed by atoms with Crippen LogP contribution < -0.4 is 11.5 Å². The van der Waals surface area contributed by atoms with Gasteiger partial charge in [0, 0.05) is 17.2 Å². The highest BCUT2D eigenvalue weighted by atomic mass is 32.7. The van der Waals surface area contributed by atoms with Crippen molar-refractivity contribution in [2.24, 2.45) is 5.11 Å². The van der Waals surface area contributed by atoms with Gasteiger partial charge in [0.2, 0.25) is 7.57 Å². The van der Waals surface area contributed by atoms with Gasteiger partial charge in [-0.25, -0.2) is 43.2 Å². The second-order valence-corrected chi connectivity index (χ2v) is 19.8. The number of ether oxygens (including phenoxy) is 5. The molecule has 0 saturated carbocycles. The fourth-order valence-electron chi connectivity index (χ4n) is 6.92. The molecule has 24 nitrogen and oxygen atoms in total. The van der Waals surface area contributed by atoms with E-state index in [2.05, 4.69) is 39.9 Å². The van der Waals surface area contributed by atoms with Gasteiger partial charge in [-0.05, 0) is 28.0 Å². The third kappa shape index (κ3) is 10.5. The van der Waals surface area contributed by atoms with Crippen molar-refractivity contribution in [2.75, 3.05) is 64.3 Å². The summed E-state index contributed by atoms with van der Waals surface area (Å²) < 4.78 is 116. The van der Waals surface area contributed by atoms with E-state index in [1.165, 1.54) is 21.8 Å². The summed E-state index contributed by atoms with van der Waals surface area (Å²) in [5.41, 5.74) is 22.3. The number of aromatic nitrogens is 8. The van der Waals surface area contributed by atoms with Crippen LogP contribution in [0.4, 0.5) is 20.4 Å². The molecule has 10 atom stereocenters. The topological polar surface area (TPSA) is 305 Å². The zero-order chi connectivity index (χ0) is 44.8. The second-order valence-electron chi connectivity index (χ2n) is 14.2. The van der Waals surface area contributed by atoms with E-state index in [0.29, 0.717) is 38.6 Å². The maximum absolute atomic E-state index is 16.8. The van der Waals surface area contributed by atoms with Crippen LogP contribution in [-0.2, 0) is 63.3 Å². The molecule has 3 saturated heterocycles. The Kier molecular flexibility index (Phi) is 14.7. The molecule has 0 unspecified atom stereocenters. The number of hydrogen-bond acceptors (Lipinski definition) is 21. The molecule has 4 N–H and O–H groups in total. The van der Waals surface area contributed by atoms with E-state index in [-0.39, 0.29) is 52.9 Å². The van der Waals surface area contributed by atoms with Crippen molar-refractivity contribution in [1.29, 1.82) is 0 Å². The summed E-state index contributed by atoms with van der Waals surface area (Å²) in [6.45, 7) is -3.68. The lowest BCUT2D eigenvalue weighted by atomic mass is 10.1. The Morgan fingerprint density at radius 1 is 0.781 bits per heavy atom. The fourth-order valence-corrected chi connectivity index (χ4v) is 11.3. The van der Waals surface area contributed by atoms with E-state index in [1.54, 1.807) is 12.1 Å². The van der Waals surface area contributed by atoms with Gasteiger partial charge in [-0.3, -0.25) is 22.7 Å². The Balaban J connectivity index is 0.984. The summed E-state index contributed by atoms with van der Waals surface area (Å²) >= 11 is 0.734. The molecule has 64 heavy (non-hydrogen) atoms. The number of fused-ring (bicyclic) bond motifs is 4. The maximum Gasteiger partial charge on any atom is 0.389 e. The van der Waals surface area contributed by atoms with Crippen molar-refractivity contribution in [1.82, 2.24) is 39.0 Å². The molecule has 30 heteroatoms. The summed E-state index contributed by atoms with van der Waals surface area (Å²) in [6, 6.07) is 7.20. The van der Waals surface area contributed by atoms with Crippen molar-refractivity contribution in [3.05, 3.63) is 71.1 Å². The van der Waals surface area contributed by atoms with Crippen LogP contribution in [0.15, 0.2) is 54.7 Å². The minimum atomic E-state index is -4.67. The van der Waals surface area contributed by atoms with Gasteiger partial charge in [0.1, 0.15) is 48.1 Å². The third-order valence-corrected chi connectivity index (χ3v) is 14.7. The lowest BCUT2D eigenvalue weighted by Gasteiger charge is -2.30. The summed E-state index contributed by atoms with van der Waals surface area (Å²) in [5.74, 6) is 0.0973. The standard InChI is InChI=1S/C34H40BF2N13O11P2S/c35-62(51)56-12-21-28(24(37)34(58-21)50-18-46-26-30(39)42-16-44-32(26)50)61-63(52,64-14-20-3-1-19(2-4-20)11-55-10-9-54-8-7-53-6-5-47-48-40)57-13-22-27(60-62)23(36)33(59-22)49-17-45-25-29(38)41-15-43-31(25)49/h1-4,15-18,21-24,27-28,33-34H,5-14H2,(H2,38,41,43)(H2,39,42,44)/t21-,22-,23-,24-,27-,28-,33-,34-,62+,63+/m1/s1. The molecule has 2 radical (unpaired) electrons. The highest BCUT2D eigenvalue weighted by Crippen LogP contribution is 2.65. The molecule has 0 spiro atoms. The van der Waals surface area contributed by atoms with Crippen molar-refractivity contribution in [3.8, 4) is 0 Å². The Bertz CT molecular complexity index is 2550. The number of benzene rings is 1. The second kappa shape index (κ2) is 20.4. The van der Waals surface area contributed by atoms with Crippen molar-refractivity contribution < 1.29 is 59.7 Å². The average molecular weight is 950 g/mol. The lowest BCUT2D eigenvalue weighted by molar-refractivity contribution is -0.0546. The van der Waals surface area contributed by atoms with Crippen LogP contribution >= 0.6 is 25.7 Å². The van der Waals surface area contributed by atoms with Gasteiger partial charge >= 0.3 is 6.80 Å². The highest BCUT2D eigenvalue weighted by Gasteiger charge is 2.54. The van der Waals surface area contributed by atoms with E-state index < -0.39 is 76.7 Å². The predicted molar refractivity (Wildman–Crippen MR) is 223 cm³/mol. The number of alkyl halides is 2. The minimum absolute atomic E-state index is 0.0299. The van der Waals surface area contributed by atoms with Crippen molar-refractivity contribution in [2.45, 2.75) is 61.6 Å². The first-order chi connectivity index (χ1) is 30.9. The van der Waals surface area contributed by atoms with E-state index in [9.17, 15) is 9.13 Å². The highest BCUT2D eigenvalue weighted by molar-refractivity contribution is 8.54. The van der Waals surface area contributed by atoms with E-state index in [1.807, 2.05) is 12.1 Å². The number of nitrogens with zero attached hydrogens (tertiary/aromatic N) is 11. The molecule has 0 bridgehead atoms. The monoisotopic (exact) mass is 949 g/mol. The van der Waals surface area contributed by atoms with Gasteiger partial charge in [0.05, 0.1) is 65.5 Å². The van der Waals surface area contributed by atoms with Crippen LogP contribution in [0.25, 0.3) is 32.8 Å². The summed E-state index contributed by atoms with van der Waals surface area (Å²) in [5, 5.41) is 3.39. The first-order valence-corrected chi connectivity index (χ1v) is 24.2.